The second-order valence-electron chi connectivity index (χ2n) is 7.61. The number of aryl methyl sites for hydroxylation is 2. The highest BCUT2D eigenvalue weighted by molar-refractivity contribution is 7.98. The van der Waals surface area contributed by atoms with Gasteiger partial charge in [0.1, 0.15) is 0 Å². The van der Waals surface area contributed by atoms with E-state index >= 15 is 0 Å². The summed E-state index contributed by atoms with van der Waals surface area (Å²) in [6.07, 6.45) is 0. The predicted molar refractivity (Wildman–Crippen MR) is 135 cm³/mol. The molecular weight excluding hydrogens is 452 g/mol. The molecule has 4 rings (SSSR count). The van der Waals surface area contributed by atoms with Crippen LogP contribution in [-0.4, -0.2) is 29.3 Å². The van der Waals surface area contributed by atoms with E-state index in [1.807, 2.05) is 44.2 Å². The Morgan fingerprint density at radius 3 is 2.15 bits per heavy atom. The topological polar surface area (TPSA) is 64.5 Å². The summed E-state index contributed by atoms with van der Waals surface area (Å²) in [7, 11) is 3.29. The SMILES string of the molecule is COc1ccc(-c2cc(CSc3nc(C)cc(C)n3)c(-c3ccc(CO)cc3)s2)cc1OC. The Bertz CT molecular complexity index is 1230. The van der Waals surface area contributed by atoms with E-state index in [2.05, 4.69) is 34.2 Å². The Hall–Kier alpha value is -2.87. The summed E-state index contributed by atoms with van der Waals surface area (Å²) in [4.78, 5) is 11.5. The van der Waals surface area contributed by atoms with Gasteiger partial charge in [-0.2, -0.15) is 0 Å². The zero-order valence-corrected chi connectivity index (χ0v) is 20.7. The Labute approximate surface area is 202 Å². The maximum absolute atomic E-state index is 9.42. The van der Waals surface area contributed by atoms with Crippen LogP contribution in [0.25, 0.3) is 20.9 Å². The first-order chi connectivity index (χ1) is 16.0. The first-order valence-electron chi connectivity index (χ1n) is 10.5. The number of thioether (sulfide) groups is 1. The van der Waals surface area contributed by atoms with Crippen molar-refractivity contribution in [1.82, 2.24) is 9.97 Å². The van der Waals surface area contributed by atoms with Crippen LogP contribution in [0.1, 0.15) is 22.5 Å². The van der Waals surface area contributed by atoms with Crippen molar-refractivity contribution in [2.24, 2.45) is 0 Å². The third kappa shape index (κ3) is 5.38. The summed E-state index contributed by atoms with van der Waals surface area (Å²) in [5, 5.41) is 10.2. The summed E-state index contributed by atoms with van der Waals surface area (Å²) in [6.45, 7) is 4.02. The number of hydrogen-bond acceptors (Lipinski definition) is 7. The molecule has 1 N–H and O–H groups in total. The van der Waals surface area contributed by atoms with Crippen molar-refractivity contribution in [3.05, 3.63) is 77.1 Å². The molecule has 0 aliphatic rings. The third-order valence-corrected chi connectivity index (χ3v) is 7.37. The van der Waals surface area contributed by atoms with Crippen LogP contribution in [0.3, 0.4) is 0 Å². The van der Waals surface area contributed by atoms with Crippen molar-refractivity contribution in [3.8, 4) is 32.4 Å². The first-order valence-corrected chi connectivity index (χ1v) is 12.3. The van der Waals surface area contributed by atoms with E-state index in [-0.39, 0.29) is 6.61 Å². The van der Waals surface area contributed by atoms with Crippen LogP contribution < -0.4 is 9.47 Å². The average Bonchev–Trinajstić information content (AvgIpc) is 3.26. The van der Waals surface area contributed by atoms with Crippen molar-refractivity contribution in [3.63, 3.8) is 0 Å². The van der Waals surface area contributed by atoms with Crippen LogP contribution in [0, 0.1) is 13.8 Å². The monoisotopic (exact) mass is 478 g/mol. The molecule has 0 aliphatic carbocycles. The van der Waals surface area contributed by atoms with Crippen LogP contribution in [0.4, 0.5) is 0 Å². The van der Waals surface area contributed by atoms with Crippen molar-refractivity contribution < 1.29 is 14.6 Å². The molecule has 2 heterocycles. The summed E-state index contributed by atoms with van der Waals surface area (Å²) in [6, 6.07) is 18.3. The van der Waals surface area contributed by atoms with E-state index in [1.54, 1.807) is 37.3 Å². The van der Waals surface area contributed by atoms with E-state index in [1.165, 1.54) is 10.4 Å². The van der Waals surface area contributed by atoms with Gasteiger partial charge in [0.25, 0.3) is 0 Å². The van der Waals surface area contributed by atoms with Gasteiger partial charge in [0, 0.05) is 26.9 Å². The van der Waals surface area contributed by atoms with Crippen LogP contribution in [0.5, 0.6) is 11.5 Å². The fourth-order valence-corrected chi connectivity index (χ4v) is 5.78. The number of methoxy groups -OCH3 is 2. The van der Waals surface area contributed by atoms with E-state index in [0.29, 0.717) is 11.5 Å². The highest BCUT2D eigenvalue weighted by atomic mass is 32.2. The molecule has 0 saturated heterocycles. The number of aliphatic hydroxyl groups is 1. The number of thiophene rings is 1. The molecule has 0 saturated carbocycles. The van der Waals surface area contributed by atoms with Crippen molar-refractivity contribution in [2.45, 2.75) is 31.4 Å². The van der Waals surface area contributed by atoms with Crippen LogP contribution in [-0.2, 0) is 12.4 Å². The third-order valence-electron chi connectivity index (χ3n) is 5.19. The number of aliphatic hydroxyl groups excluding tert-OH is 1. The minimum atomic E-state index is 0.0361. The van der Waals surface area contributed by atoms with Gasteiger partial charge in [-0.3, -0.25) is 0 Å². The molecule has 0 bridgehead atoms. The van der Waals surface area contributed by atoms with Gasteiger partial charge in [0.2, 0.25) is 0 Å². The molecule has 170 valence electrons. The normalized spacial score (nSPS) is 10.9. The fourth-order valence-electron chi connectivity index (χ4n) is 3.57. The molecule has 0 unspecified atom stereocenters. The van der Waals surface area contributed by atoms with E-state index in [9.17, 15) is 5.11 Å². The fraction of sp³-hybridized carbons (Fsp3) is 0.231. The van der Waals surface area contributed by atoms with Gasteiger partial charge in [-0.15, -0.1) is 11.3 Å². The van der Waals surface area contributed by atoms with Crippen molar-refractivity contribution >= 4 is 23.1 Å². The first kappa shape index (κ1) is 23.3. The molecule has 0 radical (unpaired) electrons. The molecule has 4 aromatic rings. The molecule has 0 fully saturated rings. The molecule has 33 heavy (non-hydrogen) atoms. The smallest absolute Gasteiger partial charge is 0.188 e. The number of ether oxygens (including phenoxy) is 2. The van der Waals surface area contributed by atoms with E-state index in [0.717, 1.165) is 43.9 Å². The number of nitrogens with zero attached hydrogens (tertiary/aromatic N) is 2. The lowest BCUT2D eigenvalue weighted by Crippen LogP contribution is -1.93. The van der Waals surface area contributed by atoms with Gasteiger partial charge in [-0.25, -0.2) is 9.97 Å². The van der Waals surface area contributed by atoms with Gasteiger partial charge in [0.05, 0.1) is 20.8 Å². The summed E-state index contributed by atoms with van der Waals surface area (Å²) >= 11 is 3.38. The Morgan fingerprint density at radius 2 is 1.52 bits per heavy atom. The Balaban J connectivity index is 1.72. The van der Waals surface area contributed by atoms with Crippen LogP contribution >= 0.6 is 23.1 Å². The standard InChI is InChI=1S/C26H26N2O3S2/c1-16-11-17(2)28-26(27-16)32-15-21-13-24(20-9-10-22(30-3)23(12-20)31-4)33-25(21)19-7-5-18(14-29)6-8-19/h5-13,29H,14-15H2,1-4H3. The lowest BCUT2D eigenvalue weighted by atomic mass is 10.1. The van der Waals surface area contributed by atoms with Gasteiger partial charge in [-0.05, 0) is 66.4 Å². The Morgan fingerprint density at radius 1 is 0.848 bits per heavy atom. The number of hydrogen-bond donors (Lipinski definition) is 1. The maximum Gasteiger partial charge on any atom is 0.188 e. The zero-order valence-electron chi connectivity index (χ0n) is 19.1. The quantitative estimate of drug-likeness (QED) is 0.237. The number of aromatic nitrogens is 2. The van der Waals surface area contributed by atoms with Gasteiger partial charge in [-0.1, -0.05) is 36.0 Å². The van der Waals surface area contributed by atoms with Crippen LogP contribution in [0.2, 0.25) is 0 Å². The summed E-state index contributed by atoms with van der Waals surface area (Å²) < 4.78 is 10.9. The minimum Gasteiger partial charge on any atom is -0.493 e. The van der Waals surface area contributed by atoms with E-state index in [4.69, 9.17) is 9.47 Å². The van der Waals surface area contributed by atoms with Crippen molar-refractivity contribution in [1.29, 1.82) is 0 Å². The van der Waals surface area contributed by atoms with Crippen LogP contribution in [0.15, 0.2) is 59.8 Å². The lowest BCUT2D eigenvalue weighted by molar-refractivity contribution is 0.282. The molecule has 2 aromatic heterocycles. The molecular formula is C26H26N2O3S2. The second-order valence-corrected chi connectivity index (χ2v) is 9.61. The summed E-state index contributed by atoms with van der Waals surface area (Å²) in [5.74, 6) is 2.17. The number of benzene rings is 2. The molecule has 0 amide bonds. The second kappa shape index (κ2) is 10.4. The molecule has 2 aromatic carbocycles. The maximum atomic E-state index is 9.42. The van der Waals surface area contributed by atoms with Gasteiger partial charge < -0.3 is 14.6 Å². The minimum absolute atomic E-state index is 0.0361. The largest absolute Gasteiger partial charge is 0.493 e. The molecule has 7 heteroatoms. The molecule has 5 nitrogen and oxygen atoms in total. The average molecular weight is 479 g/mol. The molecule has 0 atom stereocenters. The van der Waals surface area contributed by atoms with Crippen molar-refractivity contribution in [2.75, 3.05) is 14.2 Å². The highest BCUT2D eigenvalue weighted by Crippen LogP contribution is 2.42. The Kier molecular flexibility index (Phi) is 7.33. The number of rotatable bonds is 8. The highest BCUT2D eigenvalue weighted by Gasteiger charge is 2.15. The summed E-state index contributed by atoms with van der Waals surface area (Å²) in [5.41, 5.74) is 6.26. The van der Waals surface area contributed by atoms with Gasteiger partial charge in [0.15, 0.2) is 16.7 Å². The lowest BCUT2D eigenvalue weighted by Gasteiger charge is -2.08. The molecule has 0 spiro atoms. The predicted octanol–water partition coefficient (Wildman–Crippen LogP) is 6.29. The van der Waals surface area contributed by atoms with E-state index < -0.39 is 0 Å². The zero-order chi connectivity index (χ0) is 23.4. The van der Waals surface area contributed by atoms with Gasteiger partial charge >= 0.3 is 0 Å². The molecule has 0 aliphatic heterocycles.